The summed E-state index contributed by atoms with van der Waals surface area (Å²) in [6.45, 7) is 1.45. The highest BCUT2D eigenvalue weighted by molar-refractivity contribution is 7.89. The lowest BCUT2D eigenvalue weighted by atomic mass is 10.2. The minimum Gasteiger partial charge on any atom is -0.326 e. The van der Waals surface area contributed by atoms with Crippen LogP contribution in [0, 0.1) is 0 Å². The van der Waals surface area contributed by atoms with E-state index in [1.807, 2.05) is 19.0 Å². The van der Waals surface area contributed by atoms with Crippen molar-refractivity contribution in [2.24, 2.45) is 5.73 Å². The SMILES string of the molecule is CN(C)CC1CCCN1S(=O)(=O)c1[nH]ncc1CN. The van der Waals surface area contributed by atoms with Gasteiger partial charge in [0.25, 0.3) is 10.0 Å². The maximum atomic E-state index is 12.6. The third-order valence-corrected chi connectivity index (χ3v) is 5.33. The highest BCUT2D eigenvalue weighted by Gasteiger charge is 2.37. The van der Waals surface area contributed by atoms with E-state index in [1.54, 1.807) is 4.31 Å². The lowest BCUT2D eigenvalue weighted by Gasteiger charge is -2.26. The molecule has 1 aromatic rings. The van der Waals surface area contributed by atoms with Crippen LogP contribution < -0.4 is 5.73 Å². The topological polar surface area (TPSA) is 95.3 Å². The monoisotopic (exact) mass is 287 g/mol. The normalized spacial score (nSPS) is 21.4. The van der Waals surface area contributed by atoms with E-state index in [2.05, 4.69) is 10.2 Å². The molecule has 0 aromatic carbocycles. The summed E-state index contributed by atoms with van der Waals surface area (Å²) in [6, 6.07) is 0.0222. The molecule has 2 rings (SSSR count). The minimum absolute atomic E-state index is 0.0222. The Hall–Kier alpha value is -0.960. The Morgan fingerprint density at radius 2 is 2.32 bits per heavy atom. The van der Waals surface area contributed by atoms with Crippen molar-refractivity contribution < 1.29 is 8.42 Å². The van der Waals surface area contributed by atoms with Crippen molar-refractivity contribution in [1.82, 2.24) is 19.4 Å². The number of aromatic amines is 1. The van der Waals surface area contributed by atoms with Crippen LogP contribution in [0.5, 0.6) is 0 Å². The molecule has 1 atom stereocenters. The Kier molecular flexibility index (Phi) is 4.24. The molecule has 0 saturated carbocycles. The van der Waals surface area contributed by atoms with E-state index in [4.69, 9.17) is 5.73 Å². The number of rotatable bonds is 5. The van der Waals surface area contributed by atoms with E-state index in [1.165, 1.54) is 6.20 Å². The zero-order valence-corrected chi connectivity index (χ0v) is 12.2. The summed E-state index contributed by atoms with van der Waals surface area (Å²) < 4.78 is 26.9. The first-order chi connectivity index (χ1) is 8.96. The van der Waals surface area contributed by atoms with Crippen molar-refractivity contribution >= 4 is 10.0 Å². The van der Waals surface area contributed by atoms with Crippen LogP contribution in [0.3, 0.4) is 0 Å². The second-order valence-corrected chi connectivity index (χ2v) is 6.93. The number of hydrogen-bond donors (Lipinski definition) is 2. The van der Waals surface area contributed by atoms with Crippen LogP contribution in [0.25, 0.3) is 0 Å². The summed E-state index contributed by atoms with van der Waals surface area (Å²) in [4.78, 5) is 2.01. The molecule has 0 bridgehead atoms. The van der Waals surface area contributed by atoms with Crippen LogP contribution in [0.15, 0.2) is 11.2 Å². The predicted octanol–water partition coefficient (Wildman–Crippen LogP) is -0.417. The number of sulfonamides is 1. The second kappa shape index (κ2) is 5.58. The Labute approximate surface area is 113 Å². The van der Waals surface area contributed by atoms with E-state index in [0.717, 1.165) is 19.4 Å². The molecule has 3 N–H and O–H groups in total. The van der Waals surface area contributed by atoms with Crippen LogP contribution in [-0.2, 0) is 16.6 Å². The number of nitrogens with zero attached hydrogens (tertiary/aromatic N) is 3. The third-order valence-electron chi connectivity index (χ3n) is 3.36. The summed E-state index contributed by atoms with van der Waals surface area (Å²) in [7, 11) is 0.374. The van der Waals surface area contributed by atoms with Gasteiger partial charge in [0.1, 0.15) is 0 Å². The Morgan fingerprint density at radius 1 is 1.58 bits per heavy atom. The third kappa shape index (κ3) is 2.81. The van der Waals surface area contributed by atoms with Gasteiger partial charge in [0, 0.05) is 31.2 Å². The first-order valence-electron chi connectivity index (χ1n) is 6.35. The van der Waals surface area contributed by atoms with Crippen LogP contribution in [-0.4, -0.2) is 61.0 Å². The van der Waals surface area contributed by atoms with Gasteiger partial charge in [0.2, 0.25) is 0 Å². The fraction of sp³-hybridized carbons (Fsp3) is 0.727. The average Bonchev–Trinajstić information content (AvgIpc) is 2.95. The molecule has 1 fully saturated rings. The summed E-state index contributed by atoms with van der Waals surface area (Å²) >= 11 is 0. The fourth-order valence-corrected chi connectivity index (χ4v) is 4.32. The average molecular weight is 287 g/mol. The molecule has 1 aliphatic rings. The molecule has 7 nitrogen and oxygen atoms in total. The van der Waals surface area contributed by atoms with Crippen LogP contribution in [0.4, 0.5) is 0 Å². The zero-order chi connectivity index (χ0) is 14.0. The quantitative estimate of drug-likeness (QED) is 0.767. The van der Waals surface area contributed by atoms with Crippen molar-refractivity contribution in [3.05, 3.63) is 11.8 Å². The minimum atomic E-state index is -3.52. The maximum absolute atomic E-state index is 12.6. The molecule has 1 aromatic heterocycles. The molecule has 0 aliphatic carbocycles. The maximum Gasteiger partial charge on any atom is 0.260 e. The molecular formula is C11H21N5O2S. The summed E-state index contributed by atoms with van der Waals surface area (Å²) in [5.41, 5.74) is 6.09. The van der Waals surface area contributed by atoms with E-state index >= 15 is 0 Å². The molecule has 0 amide bonds. The molecular weight excluding hydrogens is 266 g/mol. The van der Waals surface area contributed by atoms with Gasteiger partial charge >= 0.3 is 0 Å². The first-order valence-corrected chi connectivity index (χ1v) is 7.79. The number of nitrogens with two attached hydrogens (primary N) is 1. The molecule has 0 spiro atoms. The standard InChI is InChI=1S/C11H21N5O2S/c1-15(2)8-10-4-3-5-16(10)19(17,18)11-9(6-12)7-13-14-11/h7,10H,3-6,8,12H2,1-2H3,(H,13,14). The van der Waals surface area contributed by atoms with Crippen molar-refractivity contribution in [2.75, 3.05) is 27.2 Å². The molecule has 108 valence electrons. The van der Waals surface area contributed by atoms with Gasteiger partial charge in [-0.25, -0.2) is 8.42 Å². The molecule has 1 unspecified atom stereocenters. The second-order valence-electron chi connectivity index (χ2n) is 5.10. The predicted molar refractivity (Wildman–Crippen MR) is 71.9 cm³/mol. The molecule has 1 saturated heterocycles. The van der Waals surface area contributed by atoms with Gasteiger partial charge < -0.3 is 10.6 Å². The highest BCUT2D eigenvalue weighted by atomic mass is 32.2. The van der Waals surface area contributed by atoms with Crippen molar-refractivity contribution in [1.29, 1.82) is 0 Å². The van der Waals surface area contributed by atoms with E-state index in [0.29, 0.717) is 12.1 Å². The van der Waals surface area contributed by atoms with E-state index < -0.39 is 10.0 Å². The number of likely N-dealkylation sites (N-methyl/N-ethyl adjacent to an activating group) is 1. The molecule has 1 aliphatic heterocycles. The Bertz CT molecular complexity index is 525. The van der Waals surface area contributed by atoms with Crippen LogP contribution >= 0.6 is 0 Å². The number of aromatic nitrogens is 2. The summed E-state index contributed by atoms with van der Waals surface area (Å²) in [5, 5.41) is 6.51. The van der Waals surface area contributed by atoms with Gasteiger partial charge in [-0.1, -0.05) is 0 Å². The number of nitrogens with one attached hydrogen (secondary N) is 1. The van der Waals surface area contributed by atoms with E-state index in [-0.39, 0.29) is 17.6 Å². The zero-order valence-electron chi connectivity index (χ0n) is 11.3. The van der Waals surface area contributed by atoms with Gasteiger partial charge in [0.05, 0.1) is 6.20 Å². The highest BCUT2D eigenvalue weighted by Crippen LogP contribution is 2.26. The molecule has 19 heavy (non-hydrogen) atoms. The largest absolute Gasteiger partial charge is 0.326 e. The van der Waals surface area contributed by atoms with Gasteiger partial charge in [-0.2, -0.15) is 9.40 Å². The fourth-order valence-electron chi connectivity index (χ4n) is 2.51. The molecule has 2 heterocycles. The van der Waals surface area contributed by atoms with Crippen molar-refractivity contribution in [3.8, 4) is 0 Å². The van der Waals surface area contributed by atoms with Crippen LogP contribution in [0.1, 0.15) is 18.4 Å². The summed E-state index contributed by atoms with van der Waals surface area (Å²) in [5.74, 6) is 0. The van der Waals surface area contributed by atoms with Gasteiger partial charge in [-0.05, 0) is 26.9 Å². The Balaban J connectivity index is 2.29. The van der Waals surface area contributed by atoms with Crippen molar-refractivity contribution in [3.63, 3.8) is 0 Å². The van der Waals surface area contributed by atoms with Gasteiger partial charge in [0.15, 0.2) is 5.03 Å². The van der Waals surface area contributed by atoms with Gasteiger partial charge in [-0.3, -0.25) is 5.10 Å². The lowest BCUT2D eigenvalue weighted by Crippen LogP contribution is -2.41. The summed E-state index contributed by atoms with van der Waals surface area (Å²) in [6.07, 6.45) is 3.26. The van der Waals surface area contributed by atoms with Crippen LogP contribution in [0.2, 0.25) is 0 Å². The smallest absolute Gasteiger partial charge is 0.260 e. The van der Waals surface area contributed by atoms with E-state index in [9.17, 15) is 8.42 Å². The number of hydrogen-bond acceptors (Lipinski definition) is 5. The van der Waals surface area contributed by atoms with Gasteiger partial charge in [-0.15, -0.1) is 0 Å². The molecule has 0 radical (unpaired) electrons. The number of H-pyrrole nitrogens is 1. The van der Waals surface area contributed by atoms with Crippen molar-refractivity contribution in [2.45, 2.75) is 30.5 Å². The Morgan fingerprint density at radius 3 is 2.95 bits per heavy atom. The first kappa shape index (κ1) is 14.4. The lowest BCUT2D eigenvalue weighted by molar-refractivity contribution is 0.290. The molecule has 8 heteroatoms.